The van der Waals surface area contributed by atoms with Crippen LogP contribution >= 0.6 is 0 Å². The third-order valence-corrected chi connectivity index (χ3v) is 5.68. The normalized spacial score (nSPS) is 22.9. The van der Waals surface area contributed by atoms with E-state index in [1.54, 1.807) is 0 Å². The molecular formula is C26H30N6. The zero-order valence-corrected chi connectivity index (χ0v) is 18.6. The molecule has 3 heterocycles. The van der Waals surface area contributed by atoms with Crippen molar-refractivity contribution >= 4 is 17.6 Å². The largest absolute Gasteiger partial charge is 0.382 e. The summed E-state index contributed by atoms with van der Waals surface area (Å²) in [6.07, 6.45) is 23.6. The third kappa shape index (κ3) is 5.14. The molecule has 1 aromatic rings. The standard InChI is InChI=1S/C26H30N6/c1-4-19(22-11-14-28-29-17-22)7-6-8-23(5-2)31-25-12-13-27-26(32-25)21-10-9-20-15-18(3)30-24(20)16-21/h4,6-13,15-17,20,23-24,28,30H,1,5,14H2,2-3H3,(H,27,31,32)/b8-6-,19-7+. The Kier molecular flexibility index (Phi) is 6.80. The molecular weight excluding hydrogens is 396 g/mol. The van der Waals surface area contributed by atoms with Crippen LogP contribution in [0.5, 0.6) is 0 Å². The van der Waals surface area contributed by atoms with Crippen LogP contribution in [0, 0.1) is 5.92 Å². The molecule has 0 radical (unpaired) electrons. The highest BCUT2D eigenvalue weighted by Crippen LogP contribution is 2.28. The van der Waals surface area contributed by atoms with E-state index < -0.39 is 0 Å². The smallest absolute Gasteiger partial charge is 0.161 e. The molecule has 2 aliphatic heterocycles. The fraction of sp³-hybridized carbons (Fsp3) is 0.269. The Morgan fingerprint density at radius 1 is 1.38 bits per heavy atom. The SMILES string of the molecule is C=C/C(=C\C=C/C(CC)Nc1ccnc(C2=CC3NC(C)=CC3C=C2)n1)C1=CCNN=C1. The second-order valence-electron chi connectivity index (χ2n) is 7.99. The predicted octanol–water partition coefficient (Wildman–Crippen LogP) is 4.30. The number of nitrogens with one attached hydrogen (secondary N) is 3. The van der Waals surface area contributed by atoms with Crippen LogP contribution < -0.4 is 16.1 Å². The van der Waals surface area contributed by atoms with Gasteiger partial charge < -0.3 is 16.1 Å². The molecule has 4 rings (SSSR count). The lowest BCUT2D eigenvalue weighted by Gasteiger charge is -2.19. The summed E-state index contributed by atoms with van der Waals surface area (Å²) in [5, 5.41) is 11.1. The maximum Gasteiger partial charge on any atom is 0.161 e. The molecule has 0 fully saturated rings. The van der Waals surface area contributed by atoms with E-state index >= 15 is 0 Å². The lowest BCUT2D eigenvalue weighted by atomic mass is 9.93. The molecule has 0 bridgehead atoms. The third-order valence-electron chi connectivity index (χ3n) is 5.68. The minimum Gasteiger partial charge on any atom is -0.382 e. The highest BCUT2D eigenvalue weighted by molar-refractivity contribution is 5.86. The van der Waals surface area contributed by atoms with Crippen molar-refractivity contribution in [3.63, 3.8) is 0 Å². The number of hydrogen-bond donors (Lipinski definition) is 3. The quantitative estimate of drug-likeness (QED) is 0.541. The molecule has 1 aromatic heterocycles. The lowest BCUT2D eigenvalue weighted by molar-refractivity contribution is 0.639. The number of nitrogens with zero attached hydrogens (tertiary/aromatic N) is 3. The topological polar surface area (TPSA) is 74.2 Å². The Morgan fingerprint density at radius 3 is 3.06 bits per heavy atom. The molecule has 3 N–H and O–H groups in total. The molecule has 3 aliphatic rings. The summed E-state index contributed by atoms with van der Waals surface area (Å²) in [4.78, 5) is 9.26. The summed E-state index contributed by atoms with van der Waals surface area (Å²) in [6, 6.07) is 2.35. The average molecular weight is 427 g/mol. The molecule has 32 heavy (non-hydrogen) atoms. The van der Waals surface area contributed by atoms with Gasteiger partial charge in [-0.25, -0.2) is 9.97 Å². The van der Waals surface area contributed by atoms with Crippen LogP contribution in [0.2, 0.25) is 0 Å². The van der Waals surface area contributed by atoms with Crippen LogP contribution in [0.3, 0.4) is 0 Å². The molecule has 6 heteroatoms. The molecule has 3 atom stereocenters. The van der Waals surface area contributed by atoms with Crippen LogP contribution in [0.15, 0.2) is 95.5 Å². The molecule has 0 aromatic carbocycles. The summed E-state index contributed by atoms with van der Waals surface area (Å²) in [5.74, 6) is 1.97. The maximum absolute atomic E-state index is 4.76. The lowest BCUT2D eigenvalue weighted by Crippen LogP contribution is -2.26. The van der Waals surface area contributed by atoms with E-state index in [4.69, 9.17) is 4.98 Å². The fourth-order valence-electron chi connectivity index (χ4n) is 3.94. The number of hydrogen-bond acceptors (Lipinski definition) is 6. The van der Waals surface area contributed by atoms with Crippen molar-refractivity contribution in [2.24, 2.45) is 11.0 Å². The Hall–Kier alpha value is -3.67. The van der Waals surface area contributed by atoms with Crippen LogP contribution in [-0.4, -0.2) is 34.8 Å². The average Bonchev–Trinajstić information content (AvgIpc) is 3.21. The number of anilines is 1. The van der Waals surface area contributed by atoms with E-state index in [1.165, 1.54) is 5.70 Å². The first-order valence-electron chi connectivity index (χ1n) is 11.1. The minimum absolute atomic E-state index is 0.152. The highest BCUT2D eigenvalue weighted by atomic mass is 15.3. The first-order chi connectivity index (χ1) is 15.7. The van der Waals surface area contributed by atoms with Gasteiger partial charge in [0.2, 0.25) is 0 Å². The molecule has 3 unspecified atom stereocenters. The number of fused-ring (bicyclic) bond motifs is 1. The van der Waals surface area contributed by atoms with Gasteiger partial charge in [0.1, 0.15) is 5.82 Å². The van der Waals surface area contributed by atoms with Crippen molar-refractivity contribution in [3.05, 3.63) is 96.2 Å². The van der Waals surface area contributed by atoms with E-state index in [1.807, 2.05) is 24.6 Å². The highest BCUT2D eigenvalue weighted by Gasteiger charge is 2.25. The van der Waals surface area contributed by atoms with Gasteiger partial charge in [-0.1, -0.05) is 68.2 Å². The first-order valence-corrected chi connectivity index (χ1v) is 11.1. The Balaban J connectivity index is 1.43. The van der Waals surface area contributed by atoms with Crippen LogP contribution in [0.25, 0.3) is 5.57 Å². The Bertz CT molecular complexity index is 1070. The van der Waals surface area contributed by atoms with Gasteiger partial charge in [0.05, 0.1) is 18.8 Å². The summed E-state index contributed by atoms with van der Waals surface area (Å²) >= 11 is 0. The summed E-state index contributed by atoms with van der Waals surface area (Å²) in [6.45, 7) is 8.91. The number of rotatable bonds is 8. The van der Waals surface area contributed by atoms with Crippen molar-refractivity contribution in [1.29, 1.82) is 0 Å². The molecule has 6 nitrogen and oxygen atoms in total. The van der Waals surface area contributed by atoms with E-state index in [0.29, 0.717) is 5.92 Å². The first kappa shape index (κ1) is 21.6. The molecule has 0 amide bonds. The zero-order chi connectivity index (χ0) is 22.3. The summed E-state index contributed by atoms with van der Waals surface area (Å²) in [5.41, 5.74) is 7.30. The minimum atomic E-state index is 0.152. The molecule has 0 saturated heterocycles. The second-order valence-corrected chi connectivity index (χ2v) is 7.99. The maximum atomic E-state index is 4.76. The van der Waals surface area contributed by atoms with Crippen LogP contribution in [0.4, 0.5) is 5.82 Å². The van der Waals surface area contributed by atoms with Gasteiger partial charge in [0.25, 0.3) is 0 Å². The Morgan fingerprint density at radius 2 is 2.28 bits per heavy atom. The molecule has 0 spiro atoms. The van der Waals surface area contributed by atoms with Gasteiger partial charge in [-0.3, -0.25) is 0 Å². The molecule has 164 valence electrons. The van der Waals surface area contributed by atoms with Gasteiger partial charge in [0.15, 0.2) is 5.82 Å². The van der Waals surface area contributed by atoms with Gasteiger partial charge in [-0.15, -0.1) is 0 Å². The Labute approximate surface area is 190 Å². The van der Waals surface area contributed by atoms with Crippen LogP contribution in [0.1, 0.15) is 26.1 Å². The van der Waals surface area contributed by atoms with Crippen molar-refractivity contribution in [3.8, 4) is 0 Å². The number of allylic oxidation sites excluding steroid dienone is 8. The monoisotopic (exact) mass is 426 g/mol. The fourth-order valence-corrected chi connectivity index (χ4v) is 3.94. The second kappa shape index (κ2) is 10.1. The zero-order valence-electron chi connectivity index (χ0n) is 18.6. The van der Waals surface area contributed by atoms with E-state index in [9.17, 15) is 0 Å². The van der Waals surface area contributed by atoms with E-state index in [-0.39, 0.29) is 12.1 Å². The predicted molar refractivity (Wildman–Crippen MR) is 133 cm³/mol. The van der Waals surface area contributed by atoms with Crippen molar-refractivity contribution in [2.45, 2.75) is 32.4 Å². The van der Waals surface area contributed by atoms with Gasteiger partial charge in [0, 0.05) is 29.4 Å². The molecule has 0 saturated carbocycles. The van der Waals surface area contributed by atoms with Crippen molar-refractivity contribution in [2.75, 3.05) is 11.9 Å². The van der Waals surface area contributed by atoms with E-state index in [0.717, 1.165) is 41.3 Å². The summed E-state index contributed by atoms with van der Waals surface area (Å²) in [7, 11) is 0. The summed E-state index contributed by atoms with van der Waals surface area (Å²) < 4.78 is 0. The van der Waals surface area contributed by atoms with Gasteiger partial charge in [-0.05, 0) is 30.6 Å². The van der Waals surface area contributed by atoms with Crippen molar-refractivity contribution < 1.29 is 0 Å². The van der Waals surface area contributed by atoms with Gasteiger partial charge in [-0.2, -0.15) is 5.10 Å². The van der Waals surface area contributed by atoms with E-state index in [2.05, 4.69) is 95.2 Å². The number of aromatic nitrogens is 2. The van der Waals surface area contributed by atoms with Crippen molar-refractivity contribution in [1.82, 2.24) is 20.7 Å². The van der Waals surface area contributed by atoms with Crippen LogP contribution in [-0.2, 0) is 0 Å². The number of hydrazone groups is 1. The molecule has 1 aliphatic carbocycles. The van der Waals surface area contributed by atoms with Gasteiger partial charge >= 0.3 is 0 Å².